The molecule has 0 aromatic carbocycles. The van der Waals surface area contributed by atoms with Gasteiger partial charge in [0.15, 0.2) is 0 Å². The number of sulfonamides is 1. The second-order valence-corrected chi connectivity index (χ2v) is 9.21. The molecule has 4 nitrogen and oxygen atoms in total. The minimum Gasteiger partial charge on any atom is -0.309 e. The Labute approximate surface area is 131 Å². The maximum atomic E-state index is 12.7. The van der Waals surface area contributed by atoms with Crippen LogP contribution in [0.25, 0.3) is 0 Å². The zero-order valence-corrected chi connectivity index (χ0v) is 14.2. The van der Waals surface area contributed by atoms with E-state index in [9.17, 15) is 8.42 Å². The van der Waals surface area contributed by atoms with Gasteiger partial charge in [0.2, 0.25) is 10.0 Å². The molecule has 118 valence electrons. The molecule has 0 spiro atoms. The fourth-order valence-corrected chi connectivity index (χ4v) is 5.56. The first-order valence-electron chi connectivity index (χ1n) is 7.86. The fourth-order valence-electron chi connectivity index (χ4n) is 2.93. The molecule has 0 amide bonds. The summed E-state index contributed by atoms with van der Waals surface area (Å²) in [5.74, 6) is 0. The molecule has 0 bridgehead atoms. The third-order valence-corrected chi connectivity index (χ3v) is 7.51. The average molecular weight is 329 g/mol. The average Bonchev–Trinajstić information content (AvgIpc) is 3.21. The summed E-state index contributed by atoms with van der Waals surface area (Å²) in [6, 6.07) is 2.67. The van der Waals surface area contributed by atoms with E-state index < -0.39 is 10.0 Å². The van der Waals surface area contributed by atoms with Gasteiger partial charge in [0.1, 0.15) is 0 Å². The number of nitrogens with one attached hydrogen (secondary N) is 1. The van der Waals surface area contributed by atoms with Gasteiger partial charge in [-0.25, -0.2) is 8.42 Å². The second-order valence-electron chi connectivity index (χ2n) is 6.22. The Morgan fingerprint density at radius 2 is 1.95 bits per heavy atom. The lowest BCUT2D eigenvalue weighted by Gasteiger charge is -2.30. The molecule has 2 aliphatic rings. The quantitative estimate of drug-likeness (QED) is 0.873. The van der Waals surface area contributed by atoms with Gasteiger partial charge in [0.25, 0.3) is 0 Å². The molecule has 2 saturated carbocycles. The first kappa shape index (κ1) is 15.5. The lowest BCUT2D eigenvalue weighted by atomic mass is 9.96. The number of rotatable bonds is 6. The Morgan fingerprint density at radius 3 is 2.62 bits per heavy atom. The molecule has 1 heterocycles. The predicted octanol–water partition coefficient (Wildman–Crippen LogP) is 2.95. The zero-order valence-electron chi connectivity index (χ0n) is 12.5. The van der Waals surface area contributed by atoms with Crippen molar-refractivity contribution in [3.05, 3.63) is 16.3 Å². The molecule has 1 aromatic rings. The molecule has 0 atom stereocenters. The zero-order chi connectivity index (χ0) is 14.9. The highest BCUT2D eigenvalue weighted by molar-refractivity contribution is 7.89. The van der Waals surface area contributed by atoms with E-state index in [-0.39, 0.29) is 6.04 Å². The molecule has 2 fully saturated rings. The number of hydrogen-bond acceptors (Lipinski definition) is 4. The van der Waals surface area contributed by atoms with Gasteiger partial charge in [-0.3, -0.25) is 0 Å². The molecule has 0 unspecified atom stereocenters. The Balaban J connectivity index is 1.67. The van der Waals surface area contributed by atoms with Gasteiger partial charge < -0.3 is 5.32 Å². The molecular formula is C15H24N2O2S2. The topological polar surface area (TPSA) is 49.4 Å². The number of hydrogen-bond donors (Lipinski definition) is 1. The van der Waals surface area contributed by atoms with Crippen molar-refractivity contribution in [1.82, 2.24) is 9.62 Å². The van der Waals surface area contributed by atoms with Crippen molar-refractivity contribution < 1.29 is 8.42 Å². The molecule has 21 heavy (non-hydrogen) atoms. The highest BCUT2D eigenvalue weighted by Gasteiger charge is 2.30. The van der Waals surface area contributed by atoms with Crippen LogP contribution in [0.15, 0.2) is 16.3 Å². The highest BCUT2D eigenvalue weighted by Crippen LogP contribution is 2.29. The molecule has 0 aliphatic heterocycles. The smallest absolute Gasteiger partial charge is 0.243 e. The van der Waals surface area contributed by atoms with Crippen molar-refractivity contribution in [2.24, 2.45) is 0 Å². The summed E-state index contributed by atoms with van der Waals surface area (Å²) in [6.07, 6.45) is 8.02. The summed E-state index contributed by atoms with van der Waals surface area (Å²) < 4.78 is 27.0. The second kappa shape index (κ2) is 6.36. The van der Waals surface area contributed by atoms with E-state index in [4.69, 9.17) is 0 Å². The predicted molar refractivity (Wildman–Crippen MR) is 86.0 cm³/mol. The van der Waals surface area contributed by atoms with Gasteiger partial charge in [-0.05, 0) is 31.7 Å². The maximum Gasteiger partial charge on any atom is 0.243 e. The summed E-state index contributed by atoms with van der Waals surface area (Å²) in [7, 11) is -1.58. The van der Waals surface area contributed by atoms with Crippen molar-refractivity contribution in [2.75, 3.05) is 7.05 Å². The first-order valence-corrected chi connectivity index (χ1v) is 10.2. The SMILES string of the molecule is CN(C1CCCCC1)S(=O)(=O)c1csc(CNC2CC2)c1. The lowest BCUT2D eigenvalue weighted by molar-refractivity contribution is 0.286. The highest BCUT2D eigenvalue weighted by atomic mass is 32.2. The molecule has 6 heteroatoms. The van der Waals surface area contributed by atoms with Gasteiger partial charge >= 0.3 is 0 Å². The normalized spacial score (nSPS) is 21.0. The third kappa shape index (κ3) is 3.67. The Bertz CT molecular complexity index is 572. The van der Waals surface area contributed by atoms with Crippen molar-refractivity contribution in [1.29, 1.82) is 0 Å². The van der Waals surface area contributed by atoms with E-state index in [1.54, 1.807) is 28.1 Å². The standard InChI is InChI=1S/C15H24N2O2S2/c1-17(13-5-3-2-4-6-13)21(18,19)15-9-14(20-11-15)10-16-12-7-8-12/h9,11-13,16H,2-8,10H2,1H3. The van der Waals surface area contributed by atoms with E-state index >= 15 is 0 Å². The van der Waals surface area contributed by atoms with Gasteiger partial charge in [-0.2, -0.15) is 4.31 Å². The van der Waals surface area contributed by atoms with Gasteiger partial charge in [0, 0.05) is 35.9 Å². The molecule has 3 rings (SSSR count). The summed E-state index contributed by atoms with van der Waals surface area (Å²) in [5.41, 5.74) is 0. The summed E-state index contributed by atoms with van der Waals surface area (Å²) in [5, 5.41) is 5.22. The molecule has 0 radical (unpaired) electrons. The van der Waals surface area contributed by atoms with E-state index in [1.807, 2.05) is 6.07 Å². The van der Waals surface area contributed by atoms with Crippen LogP contribution in [0, 0.1) is 0 Å². The van der Waals surface area contributed by atoms with Crippen molar-refractivity contribution in [2.45, 2.75) is 68.5 Å². The largest absolute Gasteiger partial charge is 0.309 e. The van der Waals surface area contributed by atoms with E-state index in [1.165, 1.54) is 19.3 Å². The molecule has 1 N–H and O–H groups in total. The number of nitrogens with zero attached hydrogens (tertiary/aromatic N) is 1. The van der Waals surface area contributed by atoms with E-state index in [0.717, 1.165) is 37.1 Å². The Kier molecular flexibility index (Phi) is 4.69. The van der Waals surface area contributed by atoms with Crippen LogP contribution in [0.1, 0.15) is 49.8 Å². The molecule has 0 saturated heterocycles. The van der Waals surface area contributed by atoms with Gasteiger partial charge in [-0.1, -0.05) is 19.3 Å². The van der Waals surface area contributed by atoms with Crippen LogP contribution in [-0.4, -0.2) is 31.9 Å². The van der Waals surface area contributed by atoms with Crippen LogP contribution in [0.2, 0.25) is 0 Å². The Morgan fingerprint density at radius 1 is 1.24 bits per heavy atom. The maximum absolute atomic E-state index is 12.7. The van der Waals surface area contributed by atoms with Crippen LogP contribution in [0.3, 0.4) is 0 Å². The minimum absolute atomic E-state index is 0.177. The molecule has 2 aliphatic carbocycles. The lowest BCUT2D eigenvalue weighted by Crippen LogP contribution is -2.38. The summed E-state index contributed by atoms with van der Waals surface area (Å²) in [4.78, 5) is 1.57. The van der Waals surface area contributed by atoms with Crippen LogP contribution < -0.4 is 5.32 Å². The molecule has 1 aromatic heterocycles. The minimum atomic E-state index is -3.32. The van der Waals surface area contributed by atoms with Crippen LogP contribution in [-0.2, 0) is 16.6 Å². The van der Waals surface area contributed by atoms with Gasteiger partial charge in [-0.15, -0.1) is 11.3 Å². The van der Waals surface area contributed by atoms with Crippen molar-refractivity contribution in [3.8, 4) is 0 Å². The van der Waals surface area contributed by atoms with E-state index in [0.29, 0.717) is 10.9 Å². The van der Waals surface area contributed by atoms with Crippen molar-refractivity contribution in [3.63, 3.8) is 0 Å². The van der Waals surface area contributed by atoms with Gasteiger partial charge in [0.05, 0.1) is 4.90 Å². The summed E-state index contributed by atoms with van der Waals surface area (Å²) >= 11 is 1.54. The first-order chi connectivity index (χ1) is 10.1. The summed E-state index contributed by atoms with van der Waals surface area (Å²) in [6.45, 7) is 0.790. The molecular weight excluding hydrogens is 304 g/mol. The number of thiophene rings is 1. The fraction of sp³-hybridized carbons (Fsp3) is 0.733. The van der Waals surface area contributed by atoms with Crippen LogP contribution in [0.5, 0.6) is 0 Å². The van der Waals surface area contributed by atoms with Crippen LogP contribution in [0.4, 0.5) is 0 Å². The Hall–Kier alpha value is -0.430. The van der Waals surface area contributed by atoms with Crippen LogP contribution >= 0.6 is 11.3 Å². The monoisotopic (exact) mass is 328 g/mol. The third-order valence-electron chi connectivity index (χ3n) is 4.54. The van der Waals surface area contributed by atoms with E-state index in [2.05, 4.69) is 5.32 Å². The van der Waals surface area contributed by atoms with Crippen molar-refractivity contribution >= 4 is 21.4 Å².